The molecule has 0 saturated carbocycles. The van der Waals surface area contributed by atoms with E-state index in [2.05, 4.69) is 11.4 Å². The van der Waals surface area contributed by atoms with Gasteiger partial charge in [-0.05, 0) is 54.3 Å². The second-order valence-electron chi connectivity index (χ2n) is 6.49. The molecule has 0 aromatic heterocycles. The van der Waals surface area contributed by atoms with Gasteiger partial charge < -0.3 is 20.1 Å². The SMILES string of the molecule is CC(O)CCN(C)C(=O)Nc1cccc(-c2ccc3c(c2)CCO3)c1. The highest BCUT2D eigenvalue weighted by Gasteiger charge is 2.13. The summed E-state index contributed by atoms with van der Waals surface area (Å²) in [5.41, 5.74) is 4.15. The molecule has 5 heteroatoms. The lowest BCUT2D eigenvalue weighted by Gasteiger charge is -2.19. The van der Waals surface area contributed by atoms with Gasteiger partial charge in [-0.15, -0.1) is 0 Å². The predicted molar refractivity (Wildman–Crippen MR) is 99.0 cm³/mol. The molecule has 1 heterocycles. The van der Waals surface area contributed by atoms with Crippen molar-refractivity contribution < 1.29 is 14.6 Å². The van der Waals surface area contributed by atoms with Gasteiger partial charge in [-0.3, -0.25) is 0 Å². The second-order valence-corrected chi connectivity index (χ2v) is 6.49. The lowest BCUT2D eigenvalue weighted by molar-refractivity contribution is 0.167. The molecule has 0 radical (unpaired) electrons. The molecule has 2 amide bonds. The summed E-state index contributed by atoms with van der Waals surface area (Å²) in [5, 5.41) is 12.2. The molecule has 3 rings (SSSR count). The van der Waals surface area contributed by atoms with E-state index in [4.69, 9.17) is 4.74 Å². The van der Waals surface area contributed by atoms with Crippen LogP contribution in [0.3, 0.4) is 0 Å². The zero-order chi connectivity index (χ0) is 17.8. The lowest BCUT2D eigenvalue weighted by Crippen LogP contribution is -2.33. The quantitative estimate of drug-likeness (QED) is 0.875. The molecule has 132 valence electrons. The van der Waals surface area contributed by atoms with E-state index in [1.165, 1.54) is 5.56 Å². The number of fused-ring (bicyclic) bond motifs is 1. The van der Waals surface area contributed by atoms with Gasteiger partial charge in [0.05, 0.1) is 12.7 Å². The molecule has 0 bridgehead atoms. The Morgan fingerprint density at radius 3 is 2.88 bits per heavy atom. The topological polar surface area (TPSA) is 61.8 Å². The minimum absolute atomic E-state index is 0.180. The Kier molecular flexibility index (Phi) is 5.24. The highest BCUT2D eigenvalue weighted by molar-refractivity contribution is 5.90. The van der Waals surface area contributed by atoms with Gasteiger partial charge in [0.15, 0.2) is 0 Å². The van der Waals surface area contributed by atoms with Crippen molar-refractivity contribution in [2.75, 3.05) is 25.5 Å². The fourth-order valence-corrected chi connectivity index (χ4v) is 2.84. The van der Waals surface area contributed by atoms with Crippen molar-refractivity contribution in [1.29, 1.82) is 0 Å². The Balaban J connectivity index is 1.70. The summed E-state index contributed by atoms with van der Waals surface area (Å²) in [5.74, 6) is 0.966. The van der Waals surface area contributed by atoms with Crippen molar-refractivity contribution in [3.8, 4) is 16.9 Å². The monoisotopic (exact) mass is 340 g/mol. The van der Waals surface area contributed by atoms with Crippen LogP contribution < -0.4 is 10.1 Å². The highest BCUT2D eigenvalue weighted by Crippen LogP contribution is 2.31. The third kappa shape index (κ3) is 4.31. The zero-order valence-electron chi connectivity index (χ0n) is 14.7. The Morgan fingerprint density at radius 2 is 2.08 bits per heavy atom. The molecule has 1 aliphatic heterocycles. The average Bonchev–Trinajstić information content (AvgIpc) is 3.07. The van der Waals surface area contributed by atoms with Crippen molar-refractivity contribution in [2.24, 2.45) is 0 Å². The predicted octanol–water partition coefficient (Wildman–Crippen LogP) is 3.52. The maximum Gasteiger partial charge on any atom is 0.321 e. The van der Waals surface area contributed by atoms with Crippen LogP contribution in [0, 0.1) is 0 Å². The summed E-state index contributed by atoms with van der Waals surface area (Å²) < 4.78 is 5.55. The summed E-state index contributed by atoms with van der Waals surface area (Å²) in [6, 6.07) is 13.8. The summed E-state index contributed by atoms with van der Waals surface area (Å²) in [6.45, 7) is 2.97. The van der Waals surface area contributed by atoms with Gasteiger partial charge in [-0.25, -0.2) is 4.79 Å². The van der Waals surface area contributed by atoms with Gasteiger partial charge in [0.1, 0.15) is 5.75 Å². The first-order valence-corrected chi connectivity index (χ1v) is 8.59. The van der Waals surface area contributed by atoms with Crippen LogP contribution in [-0.2, 0) is 6.42 Å². The van der Waals surface area contributed by atoms with E-state index in [1.807, 2.05) is 36.4 Å². The molecule has 0 aliphatic carbocycles. The first-order chi connectivity index (χ1) is 12.0. The van der Waals surface area contributed by atoms with Gasteiger partial charge in [-0.1, -0.05) is 18.2 Å². The number of aliphatic hydroxyl groups excluding tert-OH is 1. The molecule has 25 heavy (non-hydrogen) atoms. The summed E-state index contributed by atoms with van der Waals surface area (Å²) in [7, 11) is 1.72. The first kappa shape index (κ1) is 17.3. The van der Waals surface area contributed by atoms with Gasteiger partial charge >= 0.3 is 6.03 Å². The number of nitrogens with one attached hydrogen (secondary N) is 1. The molecule has 1 unspecified atom stereocenters. The maximum absolute atomic E-state index is 12.2. The molecule has 2 N–H and O–H groups in total. The molecule has 0 fully saturated rings. The zero-order valence-corrected chi connectivity index (χ0v) is 14.7. The number of urea groups is 1. The normalized spacial score (nSPS) is 13.7. The molecule has 0 saturated heterocycles. The fraction of sp³-hybridized carbons (Fsp3) is 0.350. The van der Waals surface area contributed by atoms with E-state index >= 15 is 0 Å². The van der Waals surface area contributed by atoms with Gasteiger partial charge in [0, 0.05) is 25.7 Å². The largest absolute Gasteiger partial charge is 0.493 e. The van der Waals surface area contributed by atoms with E-state index in [1.54, 1.807) is 18.9 Å². The van der Waals surface area contributed by atoms with Crippen LogP contribution in [0.15, 0.2) is 42.5 Å². The Hall–Kier alpha value is -2.53. The minimum Gasteiger partial charge on any atom is -0.493 e. The van der Waals surface area contributed by atoms with Crippen LogP contribution in [0.5, 0.6) is 5.75 Å². The van der Waals surface area contributed by atoms with Gasteiger partial charge in [-0.2, -0.15) is 0 Å². The van der Waals surface area contributed by atoms with Crippen LogP contribution in [0.25, 0.3) is 11.1 Å². The van der Waals surface area contributed by atoms with E-state index < -0.39 is 6.10 Å². The molecule has 0 spiro atoms. The van der Waals surface area contributed by atoms with E-state index in [0.717, 1.165) is 35.6 Å². The van der Waals surface area contributed by atoms with E-state index in [0.29, 0.717) is 13.0 Å². The number of hydrogen-bond acceptors (Lipinski definition) is 3. The number of hydrogen-bond donors (Lipinski definition) is 2. The van der Waals surface area contributed by atoms with E-state index in [9.17, 15) is 9.90 Å². The van der Waals surface area contributed by atoms with Crippen molar-refractivity contribution >= 4 is 11.7 Å². The molecular formula is C20H24N2O3. The minimum atomic E-state index is -0.414. The molecule has 5 nitrogen and oxygen atoms in total. The Bertz CT molecular complexity index is 758. The number of benzene rings is 2. The van der Waals surface area contributed by atoms with Crippen molar-refractivity contribution in [1.82, 2.24) is 4.90 Å². The molecule has 1 atom stereocenters. The van der Waals surface area contributed by atoms with Crippen LogP contribution >= 0.6 is 0 Å². The van der Waals surface area contributed by atoms with Crippen LogP contribution in [0.2, 0.25) is 0 Å². The number of ether oxygens (including phenoxy) is 1. The molecule has 1 aliphatic rings. The second kappa shape index (κ2) is 7.57. The Labute approximate surface area is 148 Å². The number of carbonyl (C=O) groups excluding carboxylic acids is 1. The van der Waals surface area contributed by atoms with Gasteiger partial charge in [0.2, 0.25) is 0 Å². The number of aliphatic hydroxyl groups is 1. The fourth-order valence-electron chi connectivity index (χ4n) is 2.84. The van der Waals surface area contributed by atoms with Crippen LogP contribution in [-0.4, -0.2) is 42.3 Å². The third-order valence-corrected chi connectivity index (χ3v) is 4.37. The summed E-state index contributed by atoms with van der Waals surface area (Å²) >= 11 is 0. The average molecular weight is 340 g/mol. The molecular weight excluding hydrogens is 316 g/mol. The van der Waals surface area contributed by atoms with Crippen LogP contribution in [0.4, 0.5) is 10.5 Å². The lowest BCUT2D eigenvalue weighted by atomic mass is 10.0. The van der Waals surface area contributed by atoms with Crippen molar-refractivity contribution in [3.05, 3.63) is 48.0 Å². The smallest absolute Gasteiger partial charge is 0.321 e. The highest BCUT2D eigenvalue weighted by atomic mass is 16.5. The third-order valence-electron chi connectivity index (χ3n) is 4.37. The van der Waals surface area contributed by atoms with Crippen LogP contribution in [0.1, 0.15) is 18.9 Å². The standard InChI is InChI=1S/C20H24N2O3/c1-14(23)8-10-22(2)20(24)21-18-5-3-4-15(13-18)16-6-7-19-17(12-16)9-11-25-19/h3-7,12-14,23H,8-11H2,1-2H3,(H,21,24). The van der Waals surface area contributed by atoms with Crippen molar-refractivity contribution in [2.45, 2.75) is 25.9 Å². The molecule has 2 aromatic rings. The maximum atomic E-state index is 12.2. The van der Waals surface area contributed by atoms with Gasteiger partial charge in [0.25, 0.3) is 0 Å². The van der Waals surface area contributed by atoms with E-state index in [-0.39, 0.29) is 6.03 Å². The molecule has 2 aromatic carbocycles. The number of rotatable bonds is 5. The Morgan fingerprint density at radius 1 is 1.28 bits per heavy atom. The first-order valence-electron chi connectivity index (χ1n) is 8.59. The number of nitrogens with zero attached hydrogens (tertiary/aromatic N) is 1. The number of anilines is 1. The summed E-state index contributed by atoms with van der Waals surface area (Å²) in [4.78, 5) is 13.8. The van der Waals surface area contributed by atoms with Crippen molar-refractivity contribution in [3.63, 3.8) is 0 Å². The summed E-state index contributed by atoms with van der Waals surface area (Å²) in [6.07, 6.45) is 1.08. The number of carbonyl (C=O) groups is 1. The number of amides is 2.